The maximum absolute atomic E-state index is 12.8. The van der Waals surface area contributed by atoms with E-state index in [9.17, 15) is 8.42 Å². The van der Waals surface area contributed by atoms with Crippen LogP contribution in [0.2, 0.25) is 0 Å². The third-order valence-electron chi connectivity index (χ3n) is 4.14. The zero-order valence-electron chi connectivity index (χ0n) is 16.5. The van der Waals surface area contributed by atoms with Crippen LogP contribution < -0.4 is 14.2 Å². The van der Waals surface area contributed by atoms with Crippen LogP contribution in [0.25, 0.3) is 11.3 Å². The molecule has 7 nitrogen and oxygen atoms in total. The van der Waals surface area contributed by atoms with E-state index in [2.05, 4.69) is 14.9 Å². The van der Waals surface area contributed by atoms with Crippen LogP contribution in [0.3, 0.4) is 0 Å². The number of aryl methyl sites for hydroxylation is 1. The summed E-state index contributed by atoms with van der Waals surface area (Å²) in [7, 11) is -2.35. The Bertz CT molecular complexity index is 1070. The van der Waals surface area contributed by atoms with E-state index in [-0.39, 0.29) is 4.90 Å². The summed E-state index contributed by atoms with van der Waals surface area (Å²) in [6.07, 6.45) is 0.898. The van der Waals surface area contributed by atoms with Crippen LogP contribution in [0.4, 0.5) is 5.69 Å². The monoisotopic (exact) mass is 413 g/mol. The lowest BCUT2D eigenvalue weighted by Gasteiger charge is -2.12. The first-order valence-corrected chi connectivity index (χ1v) is 10.7. The largest absolute Gasteiger partial charge is 0.495 e. The number of methoxy groups -OCH3 is 1. The Morgan fingerprint density at radius 1 is 1.00 bits per heavy atom. The van der Waals surface area contributed by atoms with Gasteiger partial charge in [-0.25, -0.2) is 8.42 Å². The summed E-state index contributed by atoms with van der Waals surface area (Å²) in [6, 6.07) is 15.5. The number of anilines is 1. The minimum Gasteiger partial charge on any atom is -0.495 e. The first-order chi connectivity index (χ1) is 13.9. The number of sulfonamides is 1. The van der Waals surface area contributed by atoms with Crippen molar-refractivity contribution >= 4 is 15.7 Å². The van der Waals surface area contributed by atoms with Crippen molar-refractivity contribution in [2.45, 2.75) is 25.2 Å². The first-order valence-electron chi connectivity index (χ1n) is 9.17. The summed E-state index contributed by atoms with van der Waals surface area (Å²) < 4.78 is 38.8. The fourth-order valence-electron chi connectivity index (χ4n) is 2.67. The molecule has 0 radical (unpaired) electrons. The molecule has 0 aliphatic rings. The standard InChI is InChI=1S/C21H23N3O4S/c1-4-13-28-21-12-10-18(22-23-21)16-6-8-17(9-7-16)24-29(25,26)20-14-15(2)5-11-19(20)27-3/h5-12,14,24H,4,13H2,1-3H3. The van der Waals surface area contributed by atoms with E-state index in [1.807, 2.05) is 19.9 Å². The molecule has 1 aromatic heterocycles. The molecule has 0 saturated carbocycles. The lowest BCUT2D eigenvalue weighted by molar-refractivity contribution is 0.302. The fraction of sp³-hybridized carbons (Fsp3) is 0.238. The van der Waals surface area contributed by atoms with Crippen molar-refractivity contribution in [3.05, 3.63) is 60.2 Å². The van der Waals surface area contributed by atoms with Crippen molar-refractivity contribution in [3.8, 4) is 22.9 Å². The lowest BCUT2D eigenvalue weighted by atomic mass is 10.1. The highest BCUT2D eigenvalue weighted by molar-refractivity contribution is 7.92. The summed E-state index contributed by atoms with van der Waals surface area (Å²) in [4.78, 5) is 0.0950. The molecular weight excluding hydrogens is 390 g/mol. The molecule has 0 saturated heterocycles. The summed E-state index contributed by atoms with van der Waals surface area (Å²) in [6.45, 7) is 4.44. The second-order valence-electron chi connectivity index (χ2n) is 6.44. The number of nitrogens with zero attached hydrogens (tertiary/aromatic N) is 2. The zero-order valence-corrected chi connectivity index (χ0v) is 17.4. The average Bonchev–Trinajstić information content (AvgIpc) is 2.73. The van der Waals surface area contributed by atoms with Crippen LogP contribution in [0.1, 0.15) is 18.9 Å². The molecule has 0 aliphatic carbocycles. The fourth-order valence-corrected chi connectivity index (χ4v) is 3.98. The molecule has 152 valence electrons. The Kier molecular flexibility index (Phi) is 6.33. The van der Waals surface area contributed by atoms with E-state index in [0.717, 1.165) is 17.5 Å². The molecule has 0 unspecified atom stereocenters. The first kappa shape index (κ1) is 20.6. The molecule has 2 aromatic carbocycles. The highest BCUT2D eigenvalue weighted by Crippen LogP contribution is 2.27. The van der Waals surface area contributed by atoms with E-state index in [1.54, 1.807) is 48.5 Å². The van der Waals surface area contributed by atoms with Crippen molar-refractivity contribution in [2.75, 3.05) is 18.4 Å². The summed E-state index contributed by atoms with van der Waals surface area (Å²) >= 11 is 0. The zero-order chi connectivity index (χ0) is 20.9. The van der Waals surface area contributed by atoms with Gasteiger partial charge in [0.1, 0.15) is 10.6 Å². The number of rotatable bonds is 8. The van der Waals surface area contributed by atoms with E-state index >= 15 is 0 Å². The Hall–Kier alpha value is -3.13. The third-order valence-corrected chi connectivity index (χ3v) is 5.54. The number of ether oxygens (including phenoxy) is 2. The van der Waals surface area contributed by atoms with Crippen molar-refractivity contribution in [2.24, 2.45) is 0 Å². The molecule has 0 aliphatic heterocycles. The van der Waals surface area contributed by atoms with Crippen molar-refractivity contribution in [1.82, 2.24) is 10.2 Å². The van der Waals surface area contributed by atoms with Gasteiger partial charge < -0.3 is 9.47 Å². The Labute approximate surface area is 170 Å². The van der Waals surface area contributed by atoms with Crippen LogP contribution in [0.5, 0.6) is 11.6 Å². The molecule has 0 fully saturated rings. The molecule has 3 rings (SSSR count). The molecular formula is C21H23N3O4S. The van der Waals surface area contributed by atoms with Gasteiger partial charge in [0.2, 0.25) is 5.88 Å². The SMILES string of the molecule is CCCOc1ccc(-c2ccc(NS(=O)(=O)c3cc(C)ccc3OC)cc2)nn1. The normalized spacial score (nSPS) is 11.1. The highest BCUT2D eigenvalue weighted by Gasteiger charge is 2.20. The molecule has 1 heterocycles. The topological polar surface area (TPSA) is 90.4 Å². The predicted octanol–water partition coefficient (Wildman–Crippen LogP) is 4.05. The second kappa shape index (κ2) is 8.91. The Morgan fingerprint density at radius 3 is 2.38 bits per heavy atom. The highest BCUT2D eigenvalue weighted by atomic mass is 32.2. The quantitative estimate of drug-likeness (QED) is 0.599. The predicted molar refractivity (Wildman–Crippen MR) is 112 cm³/mol. The van der Waals surface area contributed by atoms with Crippen LogP contribution >= 0.6 is 0 Å². The van der Waals surface area contributed by atoms with Gasteiger partial charge in [0.15, 0.2) is 0 Å². The van der Waals surface area contributed by atoms with Gasteiger partial charge in [-0.05, 0) is 49.2 Å². The maximum Gasteiger partial charge on any atom is 0.265 e. The van der Waals surface area contributed by atoms with E-state index in [0.29, 0.717) is 29.6 Å². The minimum absolute atomic E-state index is 0.0950. The molecule has 0 atom stereocenters. The molecule has 3 aromatic rings. The minimum atomic E-state index is -3.79. The molecule has 29 heavy (non-hydrogen) atoms. The van der Waals surface area contributed by atoms with Gasteiger partial charge in [-0.2, -0.15) is 0 Å². The van der Waals surface area contributed by atoms with Gasteiger partial charge in [0.25, 0.3) is 10.0 Å². The molecule has 0 amide bonds. The second-order valence-corrected chi connectivity index (χ2v) is 8.09. The number of nitrogens with one attached hydrogen (secondary N) is 1. The summed E-state index contributed by atoms with van der Waals surface area (Å²) in [5.74, 6) is 0.771. The number of aromatic nitrogens is 2. The van der Waals surface area contributed by atoms with Gasteiger partial charge >= 0.3 is 0 Å². The molecule has 1 N–H and O–H groups in total. The van der Waals surface area contributed by atoms with Gasteiger partial charge in [-0.3, -0.25) is 4.72 Å². The van der Waals surface area contributed by atoms with Crippen LogP contribution in [-0.2, 0) is 10.0 Å². The van der Waals surface area contributed by atoms with Crippen LogP contribution in [-0.4, -0.2) is 32.3 Å². The average molecular weight is 413 g/mol. The van der Waals surface area contributed by atoms with Gasteiger partial charge in [0, 0.05) is 17.3 Å². The van der Waals surface area contributed by atoms with Crippen molar-refractivity contribution in [3.63, 3.8) is 0 Å². The summed E-state index contributed by atoms with van der Waals surface area (Å²) in [5, 5.41) is 8.20. The van der Waals surface area contributed by atoms with Crippen molar-refractivity contribution in [1.29, 1.82) is 0 Å². The smallest absolute Gasteiger partial charge is 0.265 e. The summed E-state index contributed by atoms with van der Waals surface area (Å²) in [5.41, 5.74) is 2.75. The van der Waals surface area contributed by atoms with Crippen molar-refractivity contribution < 1.29 is 17.9 Å². The lowest BCUT2D eigenvalue weighted by Crippen LogP contribution is -2.14. The third kappa shape index (κ3) is 5.03. The maximum atomic E-state index is 12.8. The Balaban J connectivity index is 1.77. The van der Waals surface area contributed by atoms with Crippen LogP contribution in [0, 0.1) is 6.92 Å². The number of hydrogen-bond donors (Lipinski definition) is 1. The van der Waals surface area contributed by atoms with E-state index < -0.39 is 10.0 Å². The number of hydrogen-bond acceptors (Lipinski definition) is 6. The molecule has 8 heteroatoms. The van der Waals surface area contributed by atoms with Gasteiger partial charge in [-0.1, -0.05) is 25.1 Å². The van der Waals surface area contributed by atoms with E-state index in [4.69, 9.17) is 9.47 Å². The van der Waals surface area contributed by atoms with E-state index in [1.165, 1.54) is 7.11 Å². The molecule has 0 bridgehead atoms. The van der Waals surface area contributed by atoms with Crippen LogP contribution in [0.15, 0.2) is 59.5 Å². The van der Waals surface area contributed by atoms with Gasteiger partial charge in [0.05, 0.1) is 19.4 Å². The molecule has 0 spiro atoms. The number of benzene rings is 2. The van der Waals surface area contributed by atoms with Gasteiger partial charge in [-0.15, -0.1) is 10.2 Å². The Morgan fingerprint density at radius 2 is 1.76 bits per heavy atom.